The van der Waals surface area contributed by atoms with E-state index in [4.69, 9.17) is 71.1 Å². The van der Waals surface area contributed by atoms with Gasteiger partial charge in [0.25, 0.3) is 0 Å². The molecule has 25 saturated heterocycles. The fraction of sp³-hybridized carbons (Fsp3) is 0.938. The second-order valence-electron chi connectivity index (χ2n) is 30.4. The molecule has 25 aliphatic heterocycles. The molecule has 0 radical (unpaired) electrons. The largest absolute Gasteiger partial charge is 0.431 e. The molecule has 25 aliphatic rings. The smallest absolute Gasteiger partial charge is 0.338 e. The topological polar surface area (TPSA) is 267 Å². The average molecular weight is 1230 g/mol. The highest BCUT2D eigenvalue weighted by molar-refractivity contribution is 5.91. The number of Topliss-reactive ketones (excluding diaryl/α,β-unsaturated/α-hetero) is 3. The maximum Gasteiger partial charge on any atom is 0.338 e. The monoisotopic (exact) mass is 1230 g/mol. The molecule has 0 aromatic heterocycles. The maximum atomic E-state index is 11.6. The first kappa shape index (κ1) is 61.0. The molecule has 0 aromatic carbocycles. The van der Waals surface area contributed by atoms with Crippen molar-refractivity contribution in [2.45, 2.75) is 299 Å². The third-order valence-corrected chi connectivity index (χ3v) is 25.5. The minimum atomic E-state index is -0.450. The second kappa shape index (κ2) is 21.9. The van der Waals surface area contributed by atoms with Crippen LogP contribution in [0.2, 0.25) is 0 Å². The Kier molecular flexibility index (Phi) is 15.4. The summed E-state index contributed by atoms with van der Waals surface area (Å²) in [5.41, 5.74) is 0. The quantitative estimate of drug-likeness (QED) is 0.294. The van der Waals surface area contributed by atoms with Gasteiger partial charge in [0.2, 0.25) is 6.29 Å². The van der Waals surface area contributed by atoms with Crippen LogP contribution in [0.25, 0.3) is 0 Å². The van der Waals surface area contributed by atoms with Crippen LogP contribution in [-0.2, 0) is 90.2 Å². The Bertz CT molecular complexity index is 2350. The number of ether oxygens (including phenoxy) is 15. The number of fused-ring (bicyclic) bond motifs is 6. The highest BCUT2D eigenvalue weighted by Crippen LogP contribution is 2.54. The van der Waals surface area contributed by atoms with E-state index in [1.165, 1.54) is 0 Å². The van der Waals surface area contributed by atoms with Crippen molar-refractivity contribution in [3.05, 3.63) is 0 Å². The summed E-state index contributed by atoms with van der Waals surface area (Å²) >= 11 is 0. The number of rotatable bonds is 0. The van der Waals surface area contributed by atoms with Gasteiger partial charge in [0.15, 0.2) is 23.5 Å². The van der Waals surface area contributed by atoms with Crippen LogP contribution in [0.4, 0.5) is 0 Å². The third kappa shape index (κ3) is 8.99. The number of hydrogen-bond acceptors (Lipinski definition) is 22. The molecule has 25 heterocycles. The number of aliphatic hydroxyl groups is 3. The van der Waals surface area contributed by atoms with Gasteiger partial charge >= 0.3 is 5.97 Å². The maximum absolute atomic E-state index is 11.6. The van der Waals surface area contributed by atoms with Gasteiger partial charge in [-0.3, -0.25) is 14.4 Å². The summed E-state index contributed by atoms with van der Waals surface area (Å²) in [5, 5.41) is 29.2. The first-order valence-electron chi connectivity index (χ1n) is 33.3. The zero-order chi connectivity index (χ0) is 61.3. The standard InChI is InChI=1S/2C10H14O3.C9H12O4.3C9H14O3.C9H12O3/c2*1-4-8-5(2)10-7(12-8)3-6(11)9(4)13-10;1-3-5-4(2)7-9(12-5)13-8(10)6(3)11-7;4*1-3-6-4(2)8-9(11-6)5(10)7(3)12-8/h2*4-5,7-10H,3H2,1-2H3;3-7,9H,1-2H3;3*3-10H,1-2H3;3-4,6-9H,1-2H3/t2*4-,5+,7-,8?,9+,10-;3-,4+,5+,6+,7-,9-;2*3-,4+,5+,6?,7+,8-,9-;3-,4+,5+,6+,7+,8-,9-;3-,4+,6?,7+,8-,9-/m1101101/s1. The Balaban J connectivity index is 0.0000000855. The molecule has 25 rings (SSSR count). The van der Waals surface area contributed by atoms with E-state index in [1.807, 2.05) is 13.8 Å². The van der Waals surface area contributed by atoms with Crippen molar-refractivity contribution in [3.63, 3.8) is 0 Å². The molecule has 0 aromatic rings. The normalized spacial score (nSPS) is 62.8. The van der Waals surface area contributed by atoms with Crippen LogP contribution in [0.1, 0.15) is 110 Å². The Labute approximate surface area is 509 Å². The summed E-state index contributed by atoms with van der Waals surface area (Å²) in [5.74, 6) is 5.33. The van der Waals surface area contributed by atoms with Crippen LogP contribution in [0, 0.1) is 82.9 Å². The van der Waals surface area contributed by atoms with Gasteiger partial charge in [-0.2, -0.15) is 0 Å². The molecule has 0 aliphatic carbocycles. The molecular weight excluding hydrogens is 1130 g/mol. The fourth-order valence-corrected chi connectivity index (χ4v) is 20.6. The van der Waals surface area contributed by atoms with Crippen molar-refractivity contribution < 1.29 is 106 Å². The molecule has 45 atom stereocenters. The van der Waals surface area contributed by atoms with Gasteiger partial charge in [0.05, 0.1) is 110 Å². The number of aliphatic hydroxyl groups excluding tert-OH is 3. The van der Waals surface area contributed by atoms with Crippen molar-refractivity contribution >= 4 is 23.3 Å². The lowest BCUT2D eigenvalue weighted by atomic mass is 9.78. The van der Waals surface area contributed by atoms with Crippen molar-refractivity contribution in [2.75, 3.05) is 0 Å². The summed E-state index contributed by atoms with van der Waals surface area (Å²) in [6.45, 7) is 29.4. The highest BCUT2D eigenvalue weighted by Gasteiger charge is 2.68. The van der Waals surface area contributed by atoms with E-state index in [1.54, 1.807) is 0 Å². The van der Waals surface area contributed by atoms with Gasteiger partial charge in [0, 0.05) is 95.7 Å². The zero-order valence-electron chi connectivity index (χ0n) is 52.5. The van der Waals surface area contributed by atoms with Gasteiger partial charge in [-0.1, -0.05) is 96.9 Å². The van der Waals surface area contributed by atoms with Crippen LogP contribution < -0.4 is 0 Å². The zero-order valence-corrected chi connectivity index (χ0v) is 52.5. The van der Waals surface area contributed by atoms with Gasteiger partial charge < -0.3 is 86.4 Å². The van der Waals surface area contributed by atoms with Crippen molar-refractivity contribution in [1.29, 1.82) is 0 Å². The number of hydrogen-bond donors (Lipinski definition) is 3. The first-order valence-corrected chi connectivity index (χ1v) is 33.3. The Hall–Kier alpha value is -2.20. The number of ketones is 3. The van der Waals surface area contributed by atoms with Crippen LogP contribution in [0.15, 0.2) is 0 Å². The molecule has 25 bridgehead atoms. The summed E-state index contributed by atoms with van der Waals surface area (Å²) in [7, 11) is 0. The van der Waals surface area contributed by atoms with Gasteiger partial charge in [0.1, 0.15) is 67.1 Å². The molecule has 0 amide bonds. The predicted molar refractivity (Wildman–Crippen MR) is 298 cm³/mol. The van der Waals surface area contributed by atoms with Crippen molar-refractivity contribution in [1.82, 2.24) is 0 Å². The van der Waals surface area contributed by atoms with Crippen LogP contribution in [0.5, 0.6) is 0 Å². The Morgan fingerprint density at radius 3 is 0.954 bits per heavy atom. The minimum Gasteiger partial charge on any atom is -0.431 e. The summed E-state index contributed by atoms with van der Waals surface area (Å²) in [6, 6.07) is 0. The average Bonchev–Trinajstić information content (AvgIpc) is 1.66. The first-order chi connectivity index (χ1) is 41.3. The number of esters is 1. The van der Waals surface area contributed by atoms with E-state index in [2.05, 4.69) is 83.1 Å². The van der Waals surface area contributed by atoms with E-state index < -0.39 is 12.4 Å². The highest BCUT2D eigenvalue weighted by atomic mass is 16.8. The molecule has 22 heteroatoms. The molecule has 22 nitrogen and oxygen atoms in total. The lowest BCUT2D eigenvalue weighted by Gasteiger charge is -2.39. The summed E-state index contributed by atoms with van der Waals surface area (Å²) < 4.78 is 85.0. The minimum absolute atomic E-state index is 0.0359. The summed E-state index contributed by atoms with van der Waals surface area (Å²) in [6.07, 6.45) is 1.22. The molecule has 3 N–H and O–H groups in total. The number of carbonyl (C=O) groups is 4. The van der Waals surface area contributed by atoms with Gasteiger partial charge in [-0.15, -0.1) is 0 Å². The lowest BCUT2D eigenvalue weighted by molar-refractivity contribution is -0.225. The van der Waals surface area contributed by atoms with Crippen molar-refractivity contribution in [2.24, 2.45) is 82.9 Å². The summed E-state index contributed by atoms with van der Waals surface area (Å²) in [4.78, 5) is 46.0. The van der Waals surface area contributed by atoms with Gasteiger partial charge in [-0.05, 0) is 0 Å². The number of carbonyl (C=O) groups excluding carboxylic acids is 4. The van der Waals surface area contributed by atoms with Crippen LogP contribution >= 0.6 is 0 Å². The molecular formula is C65H94O22. The Morgan fingerprint density at radius 2 is 0.540 bits per heavy atom. The van der Waals surface area contributed by atoms with E-state index in [0.717, 1.165) is 0 Å². The van der Waals surface area contributed by atoms with E-state index in [9.17, 15) is 34.5 Å². The Morgan fingerprint density at radius 1 is 0.253 bits per heavy atom. The predicted octanol–water partition coefficient (Wildman–Crippen LogP) is 2.72. The van der Waals surface area contributed by atoms with E-state index in [0.29, 0.717) is 90.3 Å². The second-order valence-corrected chi connectivity index (χ2v) is 30.4. The van der Waals surface area contributed by atoms with Crippen molar-refractivity contribution in [3.8, 4) is 0 Å². The van der Waals surface area contributed by atoms with Gasteiger partial charge in [-0.25, -0.2) is 4.79 Å². The fourth-order valence-electron chi connectivity index (χ4n) is 20.6. The molecule has 25 fully saturated rings. The molecule has 486 valence electrons. The molecule has 5 unspecified atom stereocenters. The van der Waals surface area contributed by atoms with E-state index in [-0.39, 0.29) is 206 Å². The van der Waals surface area contributed by atoms with Crippen LogP contribution in [0.3, 0.4) is 0 Å². The lowest BCUT2D eigenvalue weighted by Crippen LogP contribution is -2.53. The third-order valence-electron chi connectivity index (χ3n) is 25.5. The molecule has 87 heavy (non-hydrogen) atoms. The molecule has 0 saturated carbocycles. The van der Waals surface area contributed by atoms with Crippen LogP contribution in [-0.4, -0.2) is 228 Å². The van der Waals surface area contributed by atoms with E-state index >= 15 is 0 Å². The SMILES string of the molecule is C[C@@H]1C2O[C@@H]3C(=O)[C@H]1O[C@@H]3[C@H]2C.C[C@@H]1C2O[C@@H]3CC(=O)[C@H]1O[C@@H]3[C@H]2C.C[C@@H]1C2O[C@@H]3CC(=O)[C@H]1O[C@@H]3[C@H]2C.C[C@@H]1C2O[C@@H]3[C@@H](O)[C@H]1O[C@@H]3[C@H]2C.C[C@@H]1C2O[C@@H]3[C@@H](O)[C@H]1O[C@@H]3[C@H]2C.C[C@@H]1[C@@H]2O[C@H]3OC(=O)[C@H](O[C@H]31)[C@H]2C.C[C@@H]1[C@@H]2O[C@H]3[C@H](O)[C@H](O[C@@H]13)[C@H]2C. The molecule has 0 spiro atoms.